The Hall–Kier alpha value is -1.10. The number of hydrogen-bond acceptors (Lipinski definition) is 5. The summed E-state index contributed by atoms with van der Waals surface area (Å²) in [6, 6.07) is 0.635. The van der Waals surface area contributed by atoms with E-state index in [1.807, 2.05) is 7.05 Å². The smallest absolute Gasteiger partial charge is 0.317 e. The predicted octanol–water partition coefficient (Wildman–Crippen LogP) is 1.91. The van der Waals surface area contributed by atoms with Crippen LogP contribution in [-0.4, -0.2) is 30.3 Å². The third-order valence-electron chi connectivity index (χ3n) is 3.40. The van der Waals surface area contributed by atoms with Crippen molar-refractivity contribution >= 4 is 6.01 Å². The molecular formula is C13H24N4O. The summed E-state index contributed by atoms with van der Waals surface area (Å²) < 4.78 is 5.63. The van der Waals surface area contributed by atoms with Crippen molar-refractivity contribution in [2.45, 2.75) is 33.7 Å². The molecule has 1 aromatic heterocycles. The van der Waals surface area contributed by atoms with Gasteiger partial charge in [0.1, 0.15) is 0 Å². The van der Waals surface area contributed by atoms with Gasteiger partial charge in [0.15, 0.2) is 0 Å². The Morgan fingerprint density at radius 2 is 2.17 bits per heavy atom. The summed E-state index contributed by atoms with van der Waals surface area (Å²) in [7, 11) is 2.02. The molecule has 0 bridgehead atoms. The van der Waals surface area contributed by atoms with Crippen molar-refractivity contribution < 1.29 is 4.42 Å². The van der Waals surface area contributed by atoms with Crippen molar-refractivity contribution in [3.63, 3.8) is 0 Å². The molecule has 1 N–H and O–H groups in total. The Labute approximate surface area is 109 Å². The number of nitrogens with zero attached hydrogens (tertiary/aromatic N) is 3. The van der Waals surface area contributed by atoms with E-state index < -0.39 is 0 Å². The van der Waals surface area contributed by atoms with E-state index in [0.717, 1.165) is 24.9 Å². The van der Waals surface area contributed by atoms with Crippen molar-refractivity contribution in [2.24, 2.45) is 17.8 Å². The molecule has 0 aromatic carbocycles. The van der Waals surface area contributed by atoms with Gasteiger partial charge in [-0.3, -0.25) is 0 Å². The zero-order chi connectivity index (χ0) is 13.1. The lowest BCUT2D eigenvalue weighted by molar-refractivity contribution is 0.448. The monoisotopic (exact) mass is 252 g/mol. The SMILES string of the molecule is CC(C)CNCc1nnc(N(C)CC2CC2C)o1. The quantitative estimate of drug-likeness (QED) is 0.803. The highest BCUT2D eigenvalue weighted by molar-refractivity contribution is 5.22. The van der Waals surface area contributed by atoms with Gasteiger partial charge in [0.25, 0.3) is 0 Å². The number of rotatable bonds is 7. The third-order valence-corrected chi connectivity index (χ3v) is 3.40. The van der Waals surface area contributed by atoms with Crippen molar-refractivity contribution in [3.8, 4) is 0 Å². The maximum atomic E-state index is 5.63. The lowest BCUT2D eigenvalue weighted by Gasteiger charge is -2.12. The normalized spacial score (nSPS) is 22.5. The number of nitrogens with one attached hydrogen (secondary N) is 1. The van der Waals surface area contributed by atoms with Crippen molar-refractivity contribution in [2.75, 3.05) is 25.0 Å². The van der Waals surface area contributed by atoms with E-state index in [-0.39, 0.29) is 0 Å². The molecule has 1 aliphatic rings. The summed E-state index contributed by atoms with van der Waals surface area (Å²) in [4.78, 5) is 2.06. The zero-order valence-corrected chi connectivity index (χ0v) is 11.8. The van der Waals surface area contributed by atoms with Gasteiger partial charge >= 0.3 is 6.01 Å². The van der Waals surface area contributed by atoms with Gasteiger partial charge in [0, 0.05) is 13.6 Å². The molecule has 1 heterocycles. The summed E-state index contributed by atoms with van der Waals surface area (Å²) in [5.74, 6) is 2.94. The summed E-state index contributed by atoms with van der Waals surface area (Å²) >= 11 is 0. The Balaban J connectivity index is 1.77. The number of anilines is 1. The predicted molar refractivity (Wildman–Crippen MR) is 71.4 cm³/mol. The molecule has 1 aromatic rings. The van der Waals surface area contributed by atoms with E-state index in [4.69, 9.17) is 4.42 Å². The van der Waals surface area contributed by atoms with Gasteiger partial charge < -0.3 is 14.6 Å². The molecule has 2 rings (SSSR count). The maximum Gasteiger partial charge on any atom is 0.317 e. The molecule has 1 saturated carbocycles. The summed E-state index contributed by atoms with van der Waals surface area (Å²) in [6.07, 6.45) is 1.32. The lowest BCUT2D eigenvalue weighted by atomic mass is 10.2. The first-order valence-corrected chi connectivity index (χ1v) is 6.80. The Bertz CT molecular complexity index is 377. The van der Waals surface area contributed by atoms with Gasteiger partial charge in [-0.05, 0) is 30.7 Å². The Kier molecular flexibility index (Phi) is 4.22. The van der Waals surface area contributed by atoms with Crippen LogP contribution in [0, 0.1) is 17.8 Å². The van der Waals surface area contributed by atoms with Crippen molar-refractivity contribution in [3.05, 3.63) is 5.89 Å². The molecule has 1 fully saturated rings. The molecule has 5 nitrogen and oxygen atoms in total. The van der Waals surface area contributed by atoms with E-state index in [9.17, 15) is 0 Å². The average molecular weight is 252 g/mol. The molecule has 5 heteroatoms. The fourth-order valence-electron chi connectivity index (χ4n) is 2.02. The number of hydrogen-bond donors (Lipinski definition) is 1. The van der Waals surface area contributed by atoms with Crippen molar-refractivity contribution in [1.82, 2.24) is 15.5 Å². The van der Waals surface area contributed by atoms with Crippen LogP contribution in [0.15, 0.2) is 4.42 Å². The van der Waals surface area contributed by atoms with E-state index in [1.165, 1.54) is 6.42 Å². The zero-order valence-electron chi connectivity index (χ0n) is 11.8. The molecular weight excluding hydrogens is 228 g/mol. The Morgan fingerprint density at radius 1 is 1.44 bits per heavy atom. The third kappa shape index (κ3) is 3.70. The van der Waals surface area contributed by atoms with Crippen LogP contribution >= 0.6 is 0 Å². The first kappa shape index (κ1) is 13.3. The summed E-state index contributed by atoms with van der Waals surface area (Å²) in [5.41, 5.74) is 0. The minimum absolute atomic E-state index is 0.631. The maximum absolute atomic E-state index is 5.63. The fourth-order valence-corrected chi connectivity index (χ4v) is 2.02. The van der Waals surface area contributed by atoms with Crippen LogP contribution in [0.4, 0.5) is 6.01 Å². The highest BCUT2D eigenvalue weighted by Crippen LogP contribution is 2.38. The van der Waals surface area contributed by atoms with Crippen LogP contribution < -0.4 is 10.2 Å². The molecule has 0 amide bonds. The van der Waals surface area contributed by atoms with Crippen LogP contribution in [0.5, 0.6) is 0 Å². The molecule has 0 spiro atoms. The summed E-state index contributed by atoms with van der Waals surface area (Å²) in [5, 5.41) is 11.4. The average Bonchev–Trinajstić information content (AvgIpc) is 2.79. The minimum atomic E-state index is 0.631. The van der Waals surface area contributed by atoms with Gasteiger partial charge in [0.2, 0.25) is 5.89 Å². The standard InChI is InChI=1S/C13H24N4O/c1-9(2)6-14-7-12-15-16-13(18-12)17(4)8-11-5-10(11)3/h9-11,14H,5-8H2,1-4H3. The first-order valence-electron chi connectivity index (χ1n) is 6.80. The van der Waals surface area contributed by atoms with Crippen molar-refractivity contribution in [1.29, 1.82) is 0 Å². The highest BCUT2D eigenvalue weighted by Gasteiger charge is 2.34. The van der Waals surface area contributed by atoms with Gasteiger partial charge in [-0.15, -0.1) is 5.10 Å². The second-order valence-electron chi connectivity index (χ2n) is 5.86. The number of aromatic nitrogens is 2. The molecule has 2 atom stereocenters. The Morgan fingerprint density at radius 3 is 2.78 bits per heavy atom. The van der Waals surface area contributed by atoms with Gasteiger partial charge in [0.05, 0.1) is 6.54 Å². The van der Waals surface area contributed by atoms with Crippen LogP contribution in [0.25, 0.3) is 0 Å². The minimum Gasteiger partial charge on any atom is -0.407 e. The van der Waals surface area contributed by atoms with Crippen LogP contribution in [-0.2, 0) is 6.54 Å². The van der Waals surface area contributed by atoms with E-state index >= 15 is 0 Å². The summed E-state index contributed by atoms with van der Waals surface area (Å²) in [6.45, 7) is 9.27. The van der Waals surface area contributed by atoms with Crippen LogP contribution in [0.1, 0.15) is 33.1 Å². The van der Waals surface area contributed by atoms with E-state index in [2.05, 4.69) is 41.2 Å². The fraction of sp³-hybridized carbons (Fsp3) is 0.846. The largest absolute Gasteiger partial charge is 0.407 e. The topological polar surface area (TPSA) is 54.2 Å². The van der Waals surface area contributed by atoms with E-state index in [0.29, 0.717) is 24.4 Å². The molecule has 102 valence electrons. The molecule has 2 unspecified atom stereocenters. The molecule has 0 saturated heterocycles. The van der Waals surface area contributed by atoms with Gasteiger partial charge in [-0.1, -0.05) is 25.9 Å². The molecule has 0 aliphatic heterocycles. The molecule has 1 aliphatic carbocycles. The molecule has 0 radical (unpaired) electrons. The van der Waals surface area contributed by atoms with Gasteiger partial charge in [-0.25, -0.2) is 0 Å². The van der Waals surface area contributed by atoms with Crippen LogP contribution in [0.3, 0.4) is 0 Å². The second-order valence-corrected chi connectivity index (χ2v) is 5.86. The lowest BCUT2D eigenvalue weighted by Crippen LogP contribution is -2.21. The van der Waals surface area contributed by atoms with E-state index in [1.54, 1.807) is 0 Å². The highest BCUT2D eigenvalue weighted by atomic mass is 16.4. The van der Waals surface area contributed by atoms with Gasteiger partial charge in [-0.2, -0.15) is 0 Å². The second kappa shape index (κ2) is 5.69. The van der Waals surface area contributed by atoms with Crippen LogP contribution in [0.2, 0.25) is 0 Å². The first-order chi connectivity index (χ1) is 8.56. The molecule has 18 heavy (non-hydrogen) atoms.